The van der Waals surface area contributed by atoms with Crippen molar-refractivity contribution in [1.29, 1.82) is 0 Å². The fourth-order valence-electron chi connectivity index (χ4n) is 1.26. The maximum absolute atomic E-state index is 5.54. The summed E-state index contributed by atoms with van der Waals surface area (Å²) in [5.74, 6) is 2.32. The Hall–Kier alpha value is -0.800. The number of hydrogen-bond donors (Lipinski definition) is 1. The lowest BCUT2D eigenvalue weighted by Crippen LogP contribution is -2.01. The van der Waals surface area contributed by atoms with Crippen LogP contribution in [0.1, 0.15) is 30.9 Å². The fraction of sp³-hybridized carbons (Fsp3) is 0.636. The largest absolute Gasteiger partial charge is 0.464 e. The fourth-order valence-corrected chi connectivity index (χ4v) is 1.26. The molecular formula is C11H19NO2. The minimum atomic E-state index is 0.527. The zero-order valence-electron chi connectivity index (χ0n) is 9.17. The third kappa shape index (κ3) is 3.16. The molecule has 0 unspecified atom stereocenters. The van der Waals surface area contributed by atoms with Gasteiger partial charge in [-0.25, -0.2) is 0 Å². The Morgan fingerprint density at radius 1 is 1.50 bits per heavy atom. The summed E-state index contributed by atoms with van der Waals surface area (Å²) in [5.41, 5.74) is 6.60. The maximum atomic E-state index is 5.54. The normalized spacial score (nSPS) is 11.2. The van der Waals surface area contributed by atoms with Gasteiger partial charge in [-0.1, -0.05) is 13.8 Å². The predicted molar refractivity (Wildman–Crippen MR) is 55.8 cm³/mol. The molecule has 0 aliphatic heterocycles. The summed E-state index contributed by atoms with van der Waals surface area (Å²) in [6.45, 7) is 8.00. The van der Waals surface area contributed by atoms with Gasteiger partial charge in [0.1, 0.15) is 18.1 Å². The molecule has 0 saturated carbocycles. The molecule has 80 valence electrons. The van der Waals surface area contributed by atoms with Crippen molar-refractivity contribution in [2.75, 3.05) is 6.61 Å². The van der Waals surface area contributed by atoms with Gasteiger partial charge in [-0.3, -0.25) is 0 Å². The van der Waals surface area contributed by atoms with Crippen molar-refractivity contribution < 1.29 is 9.15 Å². The Kier molecular flexibility index (Phi) is 4.17. The molecule has 1 heterocycles. The highest BCUT2D eigenvalue weighted by Crippen LogP contribution is 2.14. The van der Waals surface area contributed by atoms with Crippen LogP contribution in [-0.4, -0.2) is 6.61 Å². The monoisotopic (exact) mass is 197 g/mol. The topological polar surface area (TPSA) is 48.4 Å². The molecular weight excluding hydrogens is 178 g/mol. The predicted octanol–water partition coefficient (Wildman–Crippen LogP) is 2.22. The average Bonchev–Trinajstić information content (AvgIpc) is 2.45. The van der Waals surface area contributed by atoms with Crippen LogP contribution in [0, 0.1) is 12.8 Å². The first-order valence-electron chi connectivity index (χ1n) is 4.99. The zero-order valence-corrected chi connectivity index (χ0v) is 9.17. The van der Waals surface area contributed by atoms with Crippen molar-refractivity contribution in [3.05, 3.63) is 23.2 Å². The van der Waals surface area contributed by atoms with Gasteiger partial charge >= 0.3 is 0 Å². The molecule has 0 atom stereocenters. The second kappa shape index (κ2) is 5.17. The highest BCUT2D eigenvalue weighted by Gasteiger charge is 2.05. The van der Waals surface area contributed by atoms with Crippen LogP contribution in [0.5, 0.6) is 0 Å². The van der Waals surface area contributed by atoms with Crippen LogP contribution in [0.4, 0.5) is 0 Å². The zero-order chi connectivity index (χ0) is 10.6. The van der Waals surface area contributed by atoms with Crippen molar-refractivity contribution in [1.82, 2.24) is 0 Å². The van der Waals surface area contributed by atoms with Crippen molar-refractivity contribution >= 4 is 0 Å². The van der Waals surface area contributed by atoms with Gasteiger partial charge < -0.3 is 14.9 Å². The number of furan rings is 1. The van der Waals surface area contributed by atoms with Crippen LogP contribution in [0.3, 0.4) is 0 Å². The second-order valence-corrected chi connectivity index (χ2v) is 3.91. The Labute approximate surface area is 85.2 Å². The van der Waals surface area contributed by atoms with Gasteiger partial charge in [-0.05, 0) is 18.9 Å². The summed E-state index contributed by atoms with van der Waals surface area (Å²) in [5, 5.41) is 0. The van der Waals surface area contributed by atoms with E-state index in [0.717, 1.165) is 23.7 Å². The summed E-state index contributed by atoms with van der Waals surface area (Å²) >= 11 is 0. The van der Waals surface area contributed by atoms with Gasteiger partial charge in [0.05, 0.1) is 0 Å². The lowest BCUT2D eigenvalue weighted by molar-refractivity contribution is 0.0841. The summed E-state index contributed by atoms with van der Waals surface area (Å²) in [7, 11) is 0. The van der Waals surface area contributed by atoms with Gasteiger partial charge in [-0.2, -0.15) is 0 Å². The van der Waals surface area contributed by atoms with Gasteiger partial charge in [0.2, 0.25) is 0 Å². The molecule has 3 nitrogen and oxygen atoms in total. The molecule has 2 N–H and O–H groups in total. The molecule has 0 aromatic carbocycles. The number of hydrogen-bond acceptors (Lipinski definition) is 3. The van der Waals surface area contributed by atoms with Crippen molar-refractivity contribution in [3.8, 4) is 0 Å². The third-order valence-electron chi connectivity index (χ3n) is 1.99. The quantitative estimate of drug-likeness (QED) is 0.787. The van der Waals surface area contributed by atoms with Gasteiger partial charge in [0.15, 0.2) is 0 Å². The Morgan fingerprint density at radius 2 is 2.21 bits per heavy atom. The molecule has 0 aliphatic carbocycles. The minimum absolute atomic E-state index is 0.527. The maximum Gasteiger partial charge on any atom is 0.130 e. The SMILES string of the molecule is Cc1oc(COCC(C)C)cc1CN. The first-order valence-corrected chi connectivity index (χ1v) is 4.99. The lowest BCUT2D eigenvalue weighted by atomic mass is 10.2. The van der Waals surface area contributed by atoms with Crippen LogP contribution in [-0.2, 0) is 17.9 Å². The number of aryl methyl sites for hydroxylation is 1. The van der Waals surface area contributed by atoms with E-state index in [2.05, 4.69) is 13.8 Å². The summed E-state index contributed by atoms with van der Waals surface area (Å²) < 4.78 is 10.9. The number of rotatable bonds is 5. The number of nitrogens with two attached hydrogens (primary N) is 1. The van der Waals surface area contributed by atoms with E-state index in [1.807, 2.05) is 13.0 Å². The molecule has 1 rings (SSSR count). The molecule has 0 saturated heterocycles. The van der Waals surface area contributed by atoms with E-state index in [-0.39, 0.29) is 0 Å². The van der Waals surface area contributed by atoms with E-state index in [4.69, 9.17) is 14.9 Å². The standard InChI is InChI=1S/C11H19NO2/c1-8(2)6-13-7-11-4-10(5-12)9(3)14-11/h4,8H,5-7,12H2,1-3H3. The molecule has 1 aromatic rings. The molecule has 0 aliphatic rings. The summed E-state index contributed by atoms with van der Waals surface area (Å²) in [6.07, 6.45) is 0. The first-order chi connectivity index (χ1) is 6.63. The molecule has 0 spiro atoms. The Balaban J connectivity index is 2.43. The molecule has 3 heteroatoms. The van der Waals surface area contributed by atoms with Crippen LogP contribution < -0.4 is 5.73 Å². The van der Waals surface area contributed by atoms with E-state index in [1.54, 1.807) is 0 Å². The smallest absolute Gasteiger partial charge is 0.130 e. The Morgan fingerprint density at radius 3 is 2.71 bits per heavy atom. The molecule has 0 amide bonds. The van der Waals surface area contributed by atoms with Crippen LogP contribution >= 0.6 is 0 Å². The third-order valence-corrected chi connectivity index (χ3v) is 1.99. The van der Waals surface area contributed by atoms with Crippen molar-refractivity contribution in [2.45, 2.75) is 33.9 Å². The number of ether oxygens (including phenoxy) is 1. The van der Waals surface area contributed by atoms with E-state index in [1.165, 1.54) is 0 Å². The molecule has 1 aromatic heterocycles. The van der Waals surface area contributed by atoms with Crippen LogP contribution in [0.2, 0.25) is 0 Å². The highest BCUT2D eigenvalue weighted by atomic mass is 16.5. The molecule has 0 radical (unpaired) electrons. The first kappa shape index (κ1) is 11.3. The van der Waals surface area contributed by atoms with Gasteiger partial charge in [-0.15, -0.1) is 0 Å². The summed E-state index contributed by atoms with van der Waals surface area (Å²) in [4.78, 5) is 0. The molecule has 0 bridgehead atoms. The molecule has 14 heavy (non-hydrogen) atoms. The minimum Gasteiger partial charge on any atom is -0.464 e. The van der Waals surface area contributed by atoms with Crippen molar-refractivity contribution in [3.63, 3.8) is 0 Å². The van der Waals surface area contributed by atoms with E-state index in [0.29, 0.717) is 19.1 Å². The van der Waals surface area contributed by atoms with Crippen LogP contribution in [0.25, 0.3) is 0 Å². The van der Waals surface area contributed by atoms with Gasteiger partial charge in [0, 0.05) is 18.7 Å². The second-order valence-electron chi connectivity index (χ2n) is 3.91. The summed E-state index contributed by atoms with van der Waals surface area (Å²) in [6, 6.07) is 1.97. The Bertz CT molecular complexity index is 279. The lowest BCUT2D eigenvalue weighted by Gasteiger charge is -2.04. The van der Waals surface area contributed by atoms with Gasteiger partial charge in [0.25, 0.3) is 0 Å². The average molecular weight is 197 g/mol. The molecule has 0 fully saturated rings. The van der Waals surface area contributed by atoms with E-state index >= 15 is 0 Å². The van der Waals surface area contributed by atoms with Crippen molar-refractivity contribution in [2.24, 2.45) is 11.7 Å². The van der Waals surface area contributed by atoms with E-state index in [9.17, 15) is 0 Å². The van der Waals surface area contributed by atoms with Crippen LogP contribution in [0.15, 0.2) is 10.5 Å². The van der Waals surface area contributed by atoms with E-state index < -0.39 is 0 Å². The highest BCUT2D eigenvalue weighted by molar-refractivity contribution is 5.19.